The summed E-state index contributed by atoms with van der Waals surface area (Å²) in [5, 5.41) is 3.44. The fraction of sp³-hybridized carbons (Fsp3) is 0.867. The van der Waals surface area contributed by atoms with E-state index in [9.17, 15) is 9.59 Å². The first-order chi connectivity index (χ1) is 10.0. The smallest absolute Gasteiger partial charge is 0.241 e. The third-order valence-electron chi connectivity index (χ3n) is 3.86. The van der Waals surface area contributed by atoms with Gasteiger partial charge in [-0.25, -0.2) is 0 Å². The SMILES string of the molecule is COCCN(CC(=O)N(C)C)C(=O)CCC1CCCCN1. The summed E-state index contributed by atoms with van der Waals surface area (Å²) < 4.78 is 5.03. The average Bonchev–Trinajstić information content (AvgIpc) is 2.49. The van der Waals surface area contributed by atoms with Crippen LogP contribution < -0.4 is 5.32 Å². The summed E-state index contributed by atoms with van der Waals surface area (Å²) >= 11 is 0. The van der Waals surface area contributed by atoms with Crippen LogP contribution in [-0.4, -0.2) is 75.1 Å². The highest BCUT2D eigenvalue weighted by molar-refractivity contribution is 5.84. The van der Waals surface area contributed by atoms with E-state index in [1.807, 2.05) is 0 Å². The molecule has 21 heavy (non-hydrogen) atoms. The second kappa shape index (κ2) is 9.73. The van der Waals surface area contributed by atoms with Crippen molar-refractivity contribution in [1.82, 2.24) is 15.1 Å². The van der Waals surface area contributed by atoms with Crippen molar-refractivity contribution in [2.45, 2.75) is 38.1 Å². The molecule has 1 N–H and O–H groups in total. The molecule has 0 aromatic heterocycles. The normalized spacial score (nSPS) is 18.3. The number of nitrogens with one attached hydrogen (secondary N) is 1. The van der Waals surface area contributed by atoms with Gasteiger partial charge in [-0.3, -0.25) is 9.59 Å². The highest BCUT2D eigenvalue weighted by Crippen LogP contribution is 2.12. The average molecular weight is 299 g/mol. The molecule has 1 unspecified atom stereocenters. The second-order valence-corrected chi connectivity index (χ2v) is 5.78. The number of hydrogen-bond donors (Lipinski definition) is 1. The first-order valence-corrected chi connectivity index (χ1v) is 7.75. The van der Waals surface area contributed by atoms with E-state index in [4.69, 9.17) is 4.74 Å². The molecule has 1 fully saturated rings. The molecule has 0 radical (unpaired) electrons. The number of ether oxygens (including phenoxy) is 1. The van der Waals surface area contributed by atoms with Crippen LogP contribution in [0.2, 0.25) is 0 Å². The van der Waals surface area contributed by atoms with Gasteiger partial charge in [0.05, 0.1) is 13.2 Å². The Labute approximate surface area is 127 Å². The standard InChI is InChI=1S/C15H29N3O3/c1-17(2)15(20)12-18(10-11-21-3)14(19)8-7-13-6-4-5-9-16-13/h13,16H,4-12H2,1-3H3. The lowest BCUT2D eigenvalue weighted by atomic mass is 10.0. The summed E-state index contributed by atoms with van der Waals surface area (Å²) in [6, 6.07) is 0.441. The van der Waals surface area contributed by atoms with E-state index in [0.717, 1.165) is 19.4 Å². The number of nitrogens with zero attached hydrogens (tertiary/aromatic N) is 2. The Morgan fingerprint density at radius 3 is 2.57 bits per heavy atom. The zero-order valence-corrected chi connectivity index (χ0v) is 13.6. The van der Waals surface area contributed by atoms with Gasteiger partial charge in [0.2, 0.25) is 11.8 Å². The minimum Gasteiger partial charge on any atom is -0.383 e. The fourth-order valence-corrected chi connectivity index (χ4v) is 2.42. The lowest BCUT2D eigenvalue weighted by Gasteiger charge is -2.26. The van der Waals surface area contributed by atoms with Gasteiger partial charge in [0.25, 0.3) is 0 Å². The number of piperidine rings is 1. The lowest BCUT2D eigenvalue weighted by molar-refractivity contribution is -0.139. The third kappa shape index (κ3) is 6.91. The van der Waals surface area contributed by atoms with Crippen LogP contribution in [0, 0.1) is 0 Å². The van der Waals surface area contributed by atoms with E-state index in [2.05, 4.69) is 5.32 Å². The monoisotopic (exact) mass is 299 g/mol. The quantitative estimate of drug-likeness (QED) is 0.708. The minimum absolute atomic E-state index is 0.0367. The molecule has 1 saturated heterocycles. The van der Waals surface area contributed by atoms with E-state index in [0.29, 0.717) is 25.6 Å². The Balaban J connectivity index is 2.43. The van der Waals surface area contributed by atoms with Gasteiger partial charge in [0.1, 0.15) is 0 Å². The van der Waals surface area contributed by atoms with Crippen LogP contribution in [0.5, 0.6) is 0 Å². The van der Waals surface area contributed by atoms with Gasteiger partial charge in [-0.05, 0) is 25.8 Å². The summed E-state index contributed by atoms with van der Waals surface area (Å²) in [5.41, 5.74) is 0. The van der Waals surface area contributed by atoms with Crippen LogP contribution in [0.3, 0.4) is 0 Å². The van der Waals surface area contributed by atoms with Gasteiger partial charge in [-0.15, -0.1) is 0 Å². The van der Waals surface area contributed by atoms with E-state index in [1.165, 1.54) is 17.7 Å². The second-order valence-electron chi connectivity index (χ2n) is 5.78. The predicted molar refractivity (Wildman–Crippen MR) is 82.0 cm³/mol. The molecule has 1 aliphatic heterocycles. The molecule has 0 bridgehead atoms. The molecule has 6 heteroatoms. The van der Waals surface area contributed by atoms with Gasteiger partial charge >= 0.3 is 0 Å². The van der Waals surface area contributed by atoms with Crippen molar-refractivity contribution >= 4 is 11.8 Å². The van der Waals surface area contributed by atoms with Gasteiger partial charge in [0, 0.05) is 40.2 Å². The van der Waals surface area contributed by atoms with Crippen LogP contribution >= 0.6 is 0 Å². The molecule has 0 saturated carbocycles. The Hall–Kier alpha value is -1.14. The molecule has 0 aromatic carbocycles. The summed E-state index contributed by atoms with van der Waals surface area (Å²) in [7, 11) is 5.00. The van der Waals surface area contributed by atoms with Crippen molar-refractivity contribution in [1.29, 1.82) is 0 Å². The number of hydrogen-bond acceptors (Lipinski definition) is 4. The molecule has 0 aliphatic carbocycles. The highest BCUT2D eigenvalue weighted by Gasteiger charge is 2.20. The molecular weight excluding hydrogens is 270 g/mol. The number of rotatable bonds is 8. The van der Waals surface area contributed by atoms with Crippen LogP contribution in [0.25, 0.3) is 0 Å². The molecule has 1 heterocycles. The Morgan fingerprint density at radius 2 is 2.00 bits per heavy atom. The van der Waals surface area contributed by atoms with Crippen molar-refractivity contribution in [2.75, 3.05) is 47.4 Å². The van der Waals surface area contributed by atoms with E-state index >= 15 is 0 Å². The predicted octanol–water partition coefficient (Wildman–Crippen LogP) is 0.472. The van der Waals surface area contributed by atoms with Crippen LogP contribution in [-0.2, 0) is 14.3 Å². The summed E-state index contributed by atoms with van der Waals surface area (Å²) in [6.07, 6.45) is 4.93. The van der Waals surface area contributed by atoms with Gasteiger partial charge in [-0.1, -0.05) is 6.42 Å². The van der Waals surface area contributed by atoms with Crippen molar-refractivity contribution in [2.24, 2.45) is 0 Å². The van der Waals surface area contributed by atoms with E-state index < -0.39 is 0 Å². The first-order valence-electron chi connectivity index (χ1n) is 7.75. The molecule has 6 nitrogen and oxygen atoms in total. The minimum atomic E-state index is -0.0600. The van der Waals surface area contributed by atoms with Gasteiger partial charge < -0.3 is 19.9 Å². The molecule has 0 aromatic rings. The number of methoxy groups -OCH3 is 1. The number of amides is 2. The maximum absolute atomic E-state index is 12.3. The first kappa shape index (κ1) is 17.9. The van der Waals surface area contributed by atoms with Crippen molar-refractivity contribution < 1.29 is 14.3 Å². The van der Waals surface area contributed by atoms with Crippen LogP contribution in [0.15, 0.2) is 0 Å². The Bertz CT molecular complexity index is 328. The maximum Gasteiger partial charge on any atom is 0.241 e. The molecule has 1 rings (SSSR count). The van der Waals surface area contributed by atoms with E-state index in [-0.39, 0.29) is 18.4 Å². The van der Waals surface area contributed by atoms with Gasteiger partial charge in [0.15, 0.2) is 0 Å². The zero-order chi connectivity index (χ0) is 15.7. The number of likely N-dealkylation sites (N-methyl/N-ethyl adjacent to an activating group) is 1. The fourth-order valence-electron chi connectivity index (χ4n) is 2.42. The maximum atomic E-state index is 12.3. The Morgan fingerprint density at radius 1 is 1.24 bits per heavy atom. The van der Waals surface area contributed by atoms with Crippen molar-refractivity contribution in [3.05, 3.63) is 0 Å². The zero-order valence-electron chi connectivity index (χ0n) is 13.6. The van der Waals surface area contributed by atoms with Gasteiger partial charge in [-0.2, -0.15) is 0 Å². The topological polar surface area (TPSA) is 61.9 Å². The highest BCUT2D eigenvalue weighted by atomic mass is 16.5. The number of carbonyl (C=O) groups excluding carboxylic acids is 2. The molecular formula is C15H29N3O3. The Kier molecular flexibility index (Phi) is 8.30. The van der Waals surface area contributed by atoms with Crippen LogP contribution in [0.1, 0.15) is 32.1 Å². The third-order valence-corrected chi connectivity index (χ3v) is 3.86. The largest absolute Gasteiger partial charge is 0.383 e. The number of carbonyl (C=O) groups is 2. The summed E-state index contributed by atoms with van der Waals surface area (Å²) in [4.78, 5) is 27.2. The molecule has 1 atom stereocenters. The molecule has 1 aliphatic rings. The van der Waals surface area contributed by atoms with Crippen LogP contribution in [0.4, 0.5) is 0 Å². The molecule has 0 spiro atoms. The molecule has 122 valence electrons. The summed E-state index contributed by atoms with van der Waals surface area (Å²) in [5.74, 6) is -0.0233. The molecule has 2 amide bonds. The van der Waals surface area contributed by atoms with E-state index in [1.54, 1.807) is 26.1 Å². The van der Waals surface area contributed by atoms with Crippen molar-refractivity contribution in [3.63, 3.8) is 0 Å². The van der Waals surface area contributed by atoms with Crippen molar-refractivity contribution in [3.8, 4) is 0 Å². The summed E-state index contributed by atoms with van der Waals surface area (Å²) in [6.45, 7) is 2.10. The lowest BCUT2D eigenvalue weighted by Crippen LogP contribution is -2.42.